The number of carbonyl (C=O) groups is 1. The predicted octanol–water partition coefficient (Wildman–Crippen LogP) is 3.95. The summed E-state index contributed by atoms with van der Waals surface area (Å²) in [5.41, 5.74) is 3.50. The summed E-state index contributed by atoms with van der Waals surface area (Å²) in [6.45, 7) is 1.06. The zero-order chi connectivity index (χ0) is 13.8. The third kappa shape index (κ3) is 3.33. The molecule has 2 N–H and O–H groups in total. The summed E-state index contributed by atoms with van der Waals surface area (Å²) in [6, 6.07) is 6.22. The zero-order valence-corrected chi connectivity index (χ0v) is 12.1. The Kier molecular flexibility index (Phi) is 4.24. The van der Waals surface area contributed by atoms with E-state index in [2.05, 4.69) is 22.8 Å². The maximum atomic E-state index is 12.1. The molecule has 1 fully saturated rings. The van der Waals surface area contributed by atoms with Gasteiger partial charge in [-0.15, -0.1) is 0 Å². The average Bonchev–Trinajstić information content (AvgIpc) is 2.48. The molecule has 0 unspecified atom stereocenters. The first-order valence-electron chi connectivity index (χ1n) is 7.98. The Morgan fingerprint density at radius 3 is 2.90 bits per heavy atom. The molecule has 0 bridgehead atoms. The minimum atomic E-state index is 0.181. The maximum absolute atomic E-state index is 12.1. The molecule has 0 spiro atoms. The fourth-order valence-electron chi connectivity index (χ4n) is 3.42. The fourth-order valence-corrected chi connectivity index (χ4v) is 3.42. The van der Waals surface area contributed by atoms with Crippen LogP contribution < -0.4 is 10.6 Å². The second-order valence-corrected chi connectivity index (χ2v) is 6.16. The van der Waals surface area contributed by atoms with Crippen molar-refractivity contribution in [3.05, 3.63) is 23.8 Å². The molecular formula is C17H24N2O. The number of fused-ring (bicyclic) bond motifs is 1. The molecule has 0 saturated heterocycles. The zero-order valence-electron chi connectivity index (χ0n) is 12.1. The highest BCUT2D eigenvalue weighted by Gasteiger charge is 2.17. The van der Waals surface area contributed by atoms with Gasteiger partial charge in [0.05, 0.1) is 0 Å². The van der Waals surface area contributed by atoms with Crippen LogP contribution in [-0.4, -0.2) is 12.5 Å². The number of rotatable bonds is 3. The number of carbonyl (C=O) groups excluding carboxylic acids is 1. The molecule has 3 rings (SSSR count). The van der Waals surface area contributed by atoms with Crippen molar-refractivity contribution in [2.75, 3.05) is 17.2 Å². The first-order valence-corrected chi connectivity index (χ1v) is 7.98. The Morgan fingerprint density at radius 2 is 2.05 bits per heavy atom. The van der Waals surface area contributed by atoms with Crippen molar-refractivity contribution >= 4 is 17.3 Å². The van der Waals surface area contributed by atoms with Gasteiger partial charge in [0, 0.05) is 24.3 Å². The Labute approximate surface area is 121 Å². The second kappa shape index (κ2) is 6.29. The SMILES string of the molecule is O=C(CC1CCCCC1)Nc1ccc2c(c1)CCCN2. The van der Waals surface area contributed by atoms with E-state index < -0.39 is 0 Å². The van der Waals surface area contributed by atoms with Gasteiger partial charge in [-0.05, 0) is 55.4 Å². The van der Waals surface area contributed by atoms with Gasteiger partial charge in [0.2, 0.25) is 5.91 Å². The molecule has 1 amide bonds. The first-order chi connectivity index (χ1) is 9.81. The summed E-state index contributed by atoms with van der Waals surface area (Å²) in [5.74, 6) is 0.781. The van der Waals surface area contributed by atoms with E-state index in [-0.39, 0.29) is 5.91 Å². The van der Waals surface area contributed by atoms with Gasteiger partial charge in [0.25, 0.3) is 0 Å². The highest BCUT2D eigenvalue weighted by molar-refractivity contribution is 5.91. The number of hydrogen-bond donors (Lipinski definition) is 2. The van der Waals surface area contributed by atoms with Crippen molar-refractivity contribution in [1.29, 1.82) is 0 Å². The largest absolute Gasteiger partial charge is 0.385 e. The van der Waals surface area contributed by atoms with Crippen molar-refractivity contribution in [2.45, 2.75) is 51.4 Å². The van der Waals surface area contributed by atoms with Crippen LogP contribution in [-0.2, 0) is 11.2 Å². The number of benzene rings is 1. The average molecular weight is 272 g/mol. The van der Waals surface area contributed by atoms with E-state index >= 15 is 0 Å². The van der Waals surface area contributed by atoms with Crippen LogP contribution in [0.4, 0.5) is 11.4 Å². The molecule has 1 aromatic rings. The van der Waals surface area contributed by atoms with E-state index in [1.54, 1.807) is 0 Å². The minimum absolute atomic E-state index is 0.181. The summed E-state index contributed by atoms with van der Waals surface area (Å²) in [7, 11) is 0. The molecule has 1 saturated carbocycles. The van der Waals surface area contributed by atoms with Crippen molar-refractivity contribution in [3.63, 3.8) is 0 Å². The molecule has 20 heavy (non-hydrogen) atoms. The van der Waals surface area contributed by atoms with Gasteiger partial charge in [0.1, 0.15) is 0 Å². The number of aryl methyl sites for hydroxylation is 1. The lowest BCUT2D eigenvalue weighted by molar-refractivity contribution is -0.117. The van der Waals surface area contributed by atoms with Gasteiger partial charge in [-0.3, -0.25) is 4.79 Å². The van der Waals surface area contributed by atoms with E-state index in [0.717, 1.165) is 18.7 Å². The summed E-state index contributed by atoms with van der Waals surface area (Å²) >= 11 is 0. The van der Waals surface area contributed by atoms with Crippen molar-refractivity contribution in [1.82, 2.24) is 0 Å². The first kappa shape index (κ1) is 13.5. The van der Waals surface area contributed by atoms with Crippen LogP contribution in [0.15, 0.2) is 18.2 Å². The minimum Gasteiger partial charge on any atom is -0.385 e. The van der Waals surface area contributed by atoms with E-state index in [1.807, 2.05) is 6.07 Å². The van der Waals surface area contributed by atoms with Gasteiger partial charge >= 0.3 is 0 Å². The molecule has 2 aliphatic rings. The molecule has 0 atom stereocenters. The lowest BCUT2D eigenvalue weighted by Gasteiger charge is -2.21. The maximum Gasteiger partial charge on any atom is 0.224 e. The molecule has 1 aromatic carbocycles. The highest BCUT2D eigenvalue weighted by atomic mass is 16.1. The van der Waals surface area contributed by atoms with Crippen LogP contribution in [0.25, 0.3) is 0 Å². The van der Waals surface area contributed by atoms with Gasteiger partial charge in [-0.2, -0.15) is 0 Å². The summed E-state index contributed by atoms with van der Waals surface area (Å²) in [5, 5.41) is 6.47. The lowest BCUT2D eigenvalue weighted by Crippen LogP contribution is -2.19. The van der Waals surface area contributed by atoms with Crippen LogP contribution in [0.2, 0.25) is 0 Å². The second-order valence-electron chi connectivity index (χ2n) is 6.16. The lowest BCUT2D eigenvalue weighted by atomic mass is 9.87. The normalized spacial score (nSPS) is 19.0. The summed E-state index contributed by atoms with van der Waals surface area (Å²) < 4.78 is 0. The van der Waals surface area contributed by atoms with Crippen LogP contribution >= 0.6 is 0 Å². The quantitative estimate of drug-likeness (QED) is 0.874. The van der Waals surface area contributed by atoms with E-state index in [1.165, 1.54) is 49.8 Å². The monoisotopic (exact) mass is 272 g/mol. The fraction of sp³-hybridized carbons (Fsp3) is 0.588. The summed E-state index contributed by atoms with van der Waals surface area (Å²) in [4.78, 5) is 12.1. The van der Waals surface area contributed by atoms with Crippen molar-refractivity contribution in [3.8, 4) is 0 Å². The van der Waals surface area contributed by atoms with Gasteiger partial charge in [-0.25, -0.2) is 0 Å². The van der Waals surface area contributed by atoms with E-state index in [4.69, 9.17) is 0 Å². The van der Waals surface area contributed by atoms with E-state index in [0.29, 0.717) is 12.3 Å². The molecule has 3 nitrogen and oxygen atoms in total. The third-order valence-electron chi connectivity index (χ3n) is 4.53. The topological polar surface area (TPSA) is 41.1 Å². The molecule has 1 aliphatic heterocycles. The Morgan fingerprint density at radius 1 is 1.20 bits per heavy atom. The van der Waals surface area contributed by atoms with Crippen LogP contribution in [0, 0.1) is 5.92 Å². The van der Waals surface area contributed by atoms with Crippen molar-refractivity contribution < 1.29 is 4.79 Å². The molecule has 0 aromatic heterocycles. The molecule has 0 radical (unpaired) electrons. The van der Waals surface area contributed by atoms with Crippen LogP contribution in [0.5, 0.6) is 0 Å². The summed E-state index contributed by atoms with van der Waals surface area (Å²) in [6.07, 6.45) is 9.35. The molecule has 1 aliphatic carbocycles. The number of anilines is 2. The van der Waals surface area contributed by atoms with Crippen molar-refractivity contribution in [2.24, 2.45) is 5.92 Å². The Bertz CT molecular complexity index is 478. The number of nitrogens with one attached hydrogen (secondary N) is 2. The highest BCUT2D eigenvalue weighted by Crippen LogP contribution is 2.28. The van der Waals surface area contributed by atoms with E-state index in [9.17, 15) is 4.79 Å². The Hall–Kier alpha value is -1.51. The molecule has 1 heterocycles. The number of amides is 1. The molecule has 3 heteroatoms. The number of hydrogen-bond acceptors (Lipinski definition) is 2. The Balaban J connectivity index is 1.58. The van der Waals surface area contributed by atoms with Crippen LogP contribution in [0.1, 0.15) is 50.5 Å². The van der Waals surface area contributed by atoms with Gasteiger partial charge in [-0.1, -0.05) is 19.3 Å². The van der Waals surface area contributed by atoms with Gasteiger partial charge in [0.15, 0.2) is 0 Å². The third-order valence-corrected chi connectivity index (χ3v) is 4.53. The standard InChI is InChI=1S/C17H24N2O/c20-17(11-13-5-2-1-3-6-13)19-15-8-9-16-14(12-15)7-4-10-18-16/h8-9,12-13,18H,1-7,10-11H2,(H,19,20). The smallest absolute Gasteiger partial charge is 0.224 e. The molecule has 108 valence electrons. The predicted molar refractivity (Wildman–Crippen MR) is 83.1 cm³/mol. The van der Waals surface area contributed by atoms with Gasteiger partial charge < -0.3 is 10.6 Å². The van der Waals surface area contributed by atoms with Crippen LogP contribution in [0.3, 0.4) is 0 Å². The molecular weight excluding hydrogens is 248 g/mol.